The van der Waals surface area contributed by atoms with Crippen LogP contribution < -0.4 is 0 Å². The van der Waals surface area contributed by atoms with E-state index in [-0.39, 0.29) is 0 Å². The maximum absolute atomic E-state index is 7.22. The predicted octanol–water partition coefficient (Wildman–Crippen LogP) is 20.0. The Balaban J connectivity index is 0.783. The second-order valence-electron chi connectivity index (χ2n) is 20.7. The maximum Gasteiger partial charge on any atom is 0.159 e. The summed E-state index contributed by atoms with van der Waals surface area (Å²) in [5.74, 6) is 0. The molecule has 0 spiro atoms. The highest BCUT2D eigenvalue weighted by molar-refractivity contribution is 6.19. The highest BCUT2D eigenvalue weighted by atomic mass is 16.3. The van der Waals surface area contributed by atoms with E-state index in [4.69, 9.17) is 13.3 Å². The summed E-state index contributed by atoms with van der Waals surface area (Å²) in [4.78, 5) is 0. The van der Waals surface area contributed by atoms with Gasteiger partial charge < -0.3 is 27.0 Å². The van der Waals surface area contributed by atoms with E-state index in [0.717, 1.165) is 138 Å². The van der Waals surface area contributed by atoms with Gasteiger partial charge in [0.1, 0.15) is 16.7 Å². The van der Waals surface area contributed by atoms with Crippen molar-refractivity contribution in [3.8, 4) is 39.3 Å². The van der Waals surface area contributed by atoms with E-state index in [1.54, 1.807) is 0 Å². The molecule has 78 heavy (non-hydrogen) atoms. The van der Waals surface area contributed by atoms with Crippen LogP contribution in [-0.2, 0) is 0 Å². The molecule has 0 aliphatic carbocycles. The molecule has 362 valence electrons. The SMILES string of the molecule is c1cc(-c2cccc3c2oc2c(-n4c5ccccc5c5ccccc54)cccc23)c2oc3cc(-c4ccc5c6ccccc6n(-c6cccc7c6oc6c(-n8c9ccccc9c9ccccc98)cccc67)c5c4)ccc3c2c1. The zero-order valence-electron chi connectivity index (χ0n) is 41.7. The van der Waals surface area contributed by atoms with Gasteiger partial charge in [-0.2, -0.15) is 0 Å². The molecule has 18 rings (SSSR count). The third-order valence-corrected chi connectivity index (χ3v) is 16.7. The Kier molecular flexibility index (Phi) is 8.30. The lowest BCUT2D eigenvalue weighted by Crippen LogP contribution is -1.94. The molecule has 0 amide bonds. The monoisotopic (exact) mass is 995 g/mol. The number of aromatic nitrogens is 3. The lowest BCUT2D eigenvalue weighted by Gasteiger charge is -2.10. The Morgan fingerprint density at radius 2 is 0.513 bits per heavy atom. The van der Waals surface area contributed by atoms with Crippen LogP contribution in [0.3, 0.4) is 0 Å². The molecule has 0 saturated heterocycles. The van der Waals surface area contributed by atoms with Crippen LogP contribution in [0.4, 0.5) is 0 Å². The van der Waals surface area contributed by atoms with Crippen LogP contribution in [0.5, 0.6) is 0 Å². The van der Waals surface area contributed by atoms with Crippen LogP contribution in [0.15, 0.2) is 262 Å². The average Bonchev–Trinajstić information content (AvgIpc) is 4.50. The second kappa shape index (κ2) is 15.5. The Hall–Kier alpha value is -10.6. The molecule has 0 aliphatic heterocycles. The first-order valence-corrected chi connectivity index (χ1v) is 26.6. The van der Waals surface area contributed by atoms with Crippen molar-refractivity contribution in [3.63, 3.8) is 0 Å². The molecule has 0 aliphatic rings. The van der Waals surface area contributed by atoms with Gasteiger partial charge in [-0.3, -0.25) is 0 Å². The molecule has 6 heteroatoms. The number of hydrogen-bond acceptors (Lipinski definition) is 3. The maximum atomic E-state index is 7.22. The summed E-state index contributed by atoms with van der Waals surface area (Å²) in [6.07, 6.45) is 0. The fourth-order valence-electron chi connectivity index (χ4n) is 13.3. The van der Waals surface area contributed by atoms with Crippen molar-refractivity contribution in [1.82, 2.24) is 13.7 Å². The van der Waals surface area contributed by atoms with E-state index in [0.29, 0.717) is 0 Å². The van der Waals surface area contributed by atoms with E-state index in [1.165, 1.54) is 32.3 Å². The van der Waals surface area contributed by atoms with E-state index < -0.39 is 0 Å². The first-order valence-electron chi connectivity index (χ1n) is 26.6. The van der Waals surface area contributed by atoms with Gasteiger partial charge in [0.15, 0.2) is 16.7 Å². The summed E-state index contributed by atoms with van der Waals surface area (Å²) in [6, 6.07) is 89.1. The largest absolute Gasteiger partial charge is 0.455 e. The number of fused-ring (bicyclic) bond motifs is 18. The van der Waals surface area contributed by atoms with Gasteiger partial charge >= 0.3 is 0 Å². The molecule has 0 radical (unpaired) electrons. The summed E-state index contributed by atoms with van der Waals surface area (Å²) in [5.41, 5.74) is 19.0. The molecule has 12 aromatic carbocycles. The molecule has 0 fully saturated rings. The first-order chi connectivity index (χ1) is 38.7. The Morgan fingerprint density at radius 3 is 0.962 bits per heavy atom. The molecule has 0 saturated carbocycles. The van der Waals surface area contributed by atoms with Gasteiger partial charge in [0.25, 0.3) is 0 Å². The normalized spacial score (nSPS) is 12.4. The van der Waals surface area contributed by atoms with Crippen molar-refractivity contribution in [2.75, 3.05) is 0 Å². The highest BCUT2D eigenvalue weighted by Gasteiger charge is 2.24. The third kappa shape index (κ3) is 5.59. The number of furan rings is 3. The quantitative estimate of drug-likeness (QED) is 0.173. The van der Waals surface area contributed by atoms with Crippen molar-refractivity contribution >= 4 is 131 Å². The van der Waals surface area contributed by atoms with Gasteiger partial charge in [-0.05, 0) is 77.9 Å². The lowest BCUT2D eigenvalue weighted by atomic mass is 9.99. The molecule has 18 aromatic rings. The minimum absolute atomic E-state index is 0.826. The highest BCUT2D eigenvalue weighted by Crippen LogP contribution is 2.46. The van der Waals surface area contributed by atoms with Gasteiger partial charge in [0.2, 0.25) is 0 Å². The van der Waals surface area contributed by atoms with E-state index in [1.807, 2.05) is 0 Å². The van der Waals surface area contributed by atoms with Gasteiger partial charge in [-0.15, -0.1) is 0 Å². The van der Waals surface area contributed by atoms with Crippen molar-refractivity contribution in [3.05, 3.63) is 249 Å². The Morgan fingerprint density at radius 1 is 0.205 bits per heavy atom. The number of hydrogen-bond donors (Lipinski definition) is 0. The summed E-state index contributed by atoms with van der Waals surface area (Å²) >= 11 is 0. The van der Waals surface area contributed by atoms with Gasteiger partial charge in [0.05, 0.1) is 50.2 Å². The fourth-order valence-corrected chi connectivity index (χ4v) is 13.3. The van der Waals surface area contributed by atoms with Crippen LogP contribution in [0, 0.1) is 0 Å². The van der Waals surface area contributed by atoms with Gasteiger partial charge in [-0.1, -0.05) is 182 Å². The molecule has 0 N–H and O–H groups in total. The van der Waals surface area contributed by atoms with Crippen molar-refractivity contribution in [2.24, 2.45) is 0 Å². The molecule has 6 nitrogen and oxygen atoms in total. The summed E-state index contributed by atoms with van der Waals surface area (Å²) in [7, 11) is 0. The molecular weight excluding hydrogens is 955 g/mol. The minimum Gasteiger partial charge on any atom is -0.455 e. The third-order valence-electron chi connectivity index (χ3n) is 16.7. The minimum atomic E-state index is 0.826. The first kappa shape index (κ1) is 41.8. The predicted molar refractivity (Wildman–Crippen MR) is 322 cm³/mol. The smallest absolute Gasteiger partial charge is 0.159 e. The van der Waals surface area contributed by atoms with Crippen LogP contribution in [-0.4, -0.2) is 13.7 Å². The van der Waals surface area contributed by atoms with Crippen molar-refractivity contribution in [2.45, 2.75) is 0 Å². The number of rotatable bonds is 5. The standard InChI is InChI=1S/C72H41N3O3/c1-6-28-58-44(16-1)45-17-2-7-29-59(45)73(58)63-33-13-25-55-54-24-12-23-53(69(54)77-70(55)63)52-22-11-21-51-50-39-37-43(41-67(50)76-68(51)52)42-36-38-49-48-20-5-10-32-62(48)75(66(49)40-42)65-35-15-27-57-56-26-14-34-64(71(56)78-72(57)65)74-60-30-8-3-18-46(60)47-19-4-9-31-61(47)74/h1-41H. The Labute approximate surface area is 444 Å². The number of benzene rings is 12. The lowest BCUT2D eigenvalue weighted by molar-refractivity contribution is 0.663. The molecule has 6 aromatic heterocycles. The zero-order valence-corrected chi connectivity index (χ0v) is 41.7. The van der Waals surface area contributed by atoms with Gasteiger partial charge in [-0.25, -0.2) is 0 Å². The second-order valence-corrected chi connectivity index (χ2v) is 20.7. The molecule has 6 heterocycles. The number of para-hydroxylation sites is 10. The molecule has 0 unspecified atom stereocenters. The fraction of sp³-hybridized carbons (Fsp3) is 0. The zero-order chi connectivity index (χ0) is 50.7. The van der Waals surface area contributed by atoms with E-state index in [9.17, 15) is 0 Å². The van der Waals surface area contributed by atoms with Gasteiger partial charge in [0, 0.05) is 75.8 Å². The summed E-state index contributed by atoms with van der Waals surface area (Å²) < 4.78 is 28.4. The van der Waals surface area contributed by atoms with Crippen LogP contribution in [0.2, 0.25) is 0 Å². The molecule has 0 atom stereocenters. The van der Waals surface area contributed by atoms with E-state index in [2.05, 4.69) is 262 Å². The van der Waals surface area contributed by atoms with E-state index >= 15 is 0 Å². The molecular formula is C72H41N3O3. The number of nitrogens with zero attached hydrogens (tertiary/aromatic N) is 3. The van der Waals surface area contributed by atoms with Crippen molar-refractivity contribution in [1.29, 1.82) is 0 Å². The summed E-state index contributed by atoms with van der Waals surface area (Å²) in [5, 5.41) is 13.6. The molecule has 0 bridgehead atoms. The van der Waals surface area contributed by atoms with Crippen LogP contribution in [0.1, 0.15) is 0 Å². The van der Waals surface area contributed by atoms with Crippen LogP contribution >= 0.6 is 0 Å². The Bertz CT molecular complexity index is 5490. The van der Waals surface area contributed by atoms with Crippen molar-refractivity contribution < 1.29 is 13.3 Å². The average molecular weight is 996 g/mol. The summed E-state index contributed by atoms with van der Waals surface area (Å²) in [6.45, 7) is 0. The van der Waals surface area contributed by atoms with Crippen LogP contribution in [0.25, 0.3) is 171 Å². The topological polar surface area (TPSA) is 54.2 Å².